The van der Waals surface area contributed by atoms with Gasteiger partial charge in [0.2, 0.25) is 0 Å². The Hall–Kier alpha value is -0.990. The molecule has 0 fully saturated rings. The molecule has 1 rings (SSSR count). The summed E-state index contributed by atoms with van der Waals surface area (Å²) in [5, 5.41) is 0. The van der Waals surface area contributed by atoms with E-state index in [1.165, 1.54) is 0 Å². The lowest BCUT2D eigenvalue weighted by Crippen LogP contribution is -2.06. The molecule has 15 heavy (non-hydrogen) atoms. The maximum atomic E-state index is 13.7. The lowest BCUT2D eigenvalue weighted by atomic mass is 9.98. The zero-order valence-electron chi connectivity index (χ0n) is 9.20. The molecule has 1 aromatic rings. The van der Waals surface area contributed by atoms with Crippen molar-refractivity contribution in [3.63, 3.8) is 0 Å². The minimum absolute atomic E-state index is 0.0977. The number of benzene rings is 1. The minimum Gasteiger partial charge on any atom is -0.206 e. The Balaban J connectivity index is 3.27. The zero-order chi connectivity index (χ0) is 11.6. The van der Waals surface area contributed by atoms with E-state index in [2.05, 4.69) is 0 Å². The quantitative estimate of drug-likeness (QED) is 0.673. The van der Waals surface area contributed by atoms with E-state index in [0.717, 1.165) is 6.07 Å². The van der Waals surface area contributed by atoms with Crippen LogP contribution in [0.15, 0.2) is 6.07 Å². The second kappa shape index (κ2) is 4.69. The van der Waals surface area contributed by atoms with Gasteiger partial charge in [0.25, 0.3) is 0 Å². The van der Waals surface area contributed by atoms with Crippen molar-refractivity contribution >= 4 is 0 Å². The second-order valence-corrected chi connectivity index (χ2v) is 4.08. The minimum atomic E-state index is -1.04. The molecule has 0 N–H and O–H groups in total. The van der Waals surface area contributed by atoms with Crippen molar-refractivity contribution in [2.75, 3.05) is 0 Å². The Morgan fingerprint density at radius 2 is 1.73 bits per heavy atom. The molecule has 0 heterocycles. The highest BCUT2D eigenvalue weighted by molar-refractivity contribution is 5.29. The topological polar surface area (TPSA) is 0 Å². The van der Waals surface area contributed by atoms with E-state index in [4.69, 9.17) is 0 Å². The van der Waals surface area contributed by atoms with Crippen LogP contribution in [0.3, 0.4) is 0 Å². The summed E-state index contributed by atoms with van der Waals surface area (Å²) in [5.41, 5.74) is 0.117. The Bertz CT molecular complexity index is 356. The van der Waals surface area contributed by atoms with E-state index >= 15 is 0 Å². The molecule has 0 aliphatic heterocycles. The highest BCUT2D eigenvalue weighted by Gasteiger charge is 2.18. The summed E-state index contributed by atoms with van der Waals surface area (Å²) in [6.07, 6.45) is 0.594. The van der Waals surface area contributed by atoms with Crippen LogP contribution < -0.4 is 0 Å². The first-order chi connectivity index (χ1) is 6.97. The van der Waals surface area contributed by atoms with Gasteiger partial charge in [-0.2, -0.15) is 0 Å². The van der Waals surface area contributed by atoms with Gasteiger partial charge in [-0.05, 0) is 30.4 Å². The van der Waals surface area contributed by atoms with Gasteiger partial charge in [-0.25, -0.2) is 13.2 Å². The summed E-state index contributed by atoms with van der Waals surface area (Å²) in [5.74, 6) is -2.49. The van der Waals surface area contributed by atoms with Crippen LogP contribution in [0.25, 0.3) is 0 Å². The van der Waals surface area contributed by atoms with Crippen LogP contribution in [0.1, 0.15) is 31.9 Å². The third-order valence-electron chi connectivity index (χ3n) is 2.32. The van der Waals surface area contributed by atoms with Crippen LogP contribution in [0.4, 0.5) is 13.2 Å². The molecule has 0 aromatic heterocycles. The predicted octanol–water partition coefficient (Wildman–Crippen LogP) is 3.86. The van der Waals surface area contributed by atoms with Gasteiger partial charge in [0.15, 0.2) is 11.6 Å². The Labute approximate surface area is 88.1 Å². The van der Waals surface area contributed by atoms with Gasteiger partial charge < -0.3 is 0 Å². The summed E-state index contributed by atoms with van der Waals surface area (Å²) in [6.45, 7) is 5.40. The van der Waals surface area contributed by atoms with Crippen LogP contribution in [0.5, 0.6) is 0 Å². The number of hydrogen-bond donors (Lipinski definition) is 0. The molecule has 0 atom stereocenters. The van der Waals surface area contributed by atoms with Crippen LogP contribution >= 0.6 is 0 Å². The average molecular weight is 216 g/mol. The molecule has 0 spiro atoms. The van der Waals surface area contributed by atoms with Gasteiger partial charge in [0.1, 0.15) is 5.82 Å². The van der Waals surface area contributed by atoms with Crippen molar-refractivity contribution in [1.29, 1.82) is 0 Å². The Kier molecular flexibility index (Phi) is 3.77. The SMILES string of the molecule is CCc1cc(F)c(F)c(CC(C)C)c1F. The monoisotopic (exact) mass is 216 g/mol. The van der Waals surface area contributed by atoms with Gasteiger partial charge in [0.05, 0.1) is 0 Å². The first-order valence-electron chi connectivity index (χ1n) is 5.12. The van der Waals surface area contributed by atoms with Crippen molar-refractivity contribution in [2.45, 2.75) is 33.6 Å². The molecule has 84 valence electrons. The van der Waals surface area contributed by atoms with Crippen LogP contribution in [-0.2, 0) is 12.8 Å². The Morgan fingerprint density at radius 3 is 2.20 bits per heavy atom. The normalized spacial score (nSPS) is 11.1. The molecule has 0 unspecified atom stereocenters. The standard InChI is InChI=1S/C12H15F3/c1-4-8-6-10(13)12(15)9(11(8)14)5-7(2)3/h6-7H,4-5H2,1-3H3. The van der Waals surface area contributed by atoms with E-state index in [-0.39, 0.29) is 23.5 Å². The third kappa shape index (κ3) is 2.52. The molecular formula is C12H15F3. The van der Waals surface area contributed by atoms with Crippen molar-refractivity contribution in [1.82, 2.24) is 0 Å². The summed E-state index contributed by atoms with van der Waals surface area (Å²) in [6, 6.07) is 0.939. The van der Waals surface area contributed by atoms with E-state index < -0.39 is 17.5 Å². The van der Waals surface area contributed by atoms with E-state index in [9.17, 15) is 13.2 Å². The second-order valence-electron chi connectivity index (χ2n) is 4.08. The summed E-state index contributed by atoms with van der Waals surface area (Å²) in [4.78, 5) is 0. The first kappa shape index (κ1) is 12.1. The molecule has 3 heteroatoms. The number of aryl methyl sites for hydroxylation is 1. The van der Waals surface area contributed by atoms with Crippen molar-refractivity contribution in [3.05, 3.63) is 34.6 Å². The molecule has 0 aliphatic carbocycles. The smallest absolute Gasteiger partial charge is 0.164 e. The van der Waals surface area contributed by atoms with Crippen LogP contribution in [0, 0.1) is 23.4 Å². The van der Waals surface area contributed by atoms with E-state index in [1.807, 2.05) is 13.8 Å². The van der Waals surface area contributed by atoms with Gasteiger partial charge in [-0.3, -0.25) is 0 Å². The summed E-state index contributed by atoms with van der Waals surface area (Å²) < 4.78 is 40.1. The molecule has 0 saturated carbocycles. The average Bonchev–Trinajstić information content (AvgIpc) is 2.18. The molecule has 0 aliphatic rings. The van der Waals surface area contributed by atoms with Crippen molar-refractivity contribution in [2.24, 2.45) is 5.92 Å². The highest BCUT2D eigenvalue weighted by atomic mass is 19.2. The molecule has 0 nitrogen and oxygen atoms in total. The molecule has 0 amide bonds. The van der Waals surface area contributed by atoms with E-state index in [0.29, 0.717) is 6.42 Å². The molecule has 0 saturated heterocycles. The van der Waals surface area contributed by atoms with Crippen molar-refractivity contribution < 1.29 is 13.2 Å². The summed E-state index contributed by atoms with van der Waals surface area (Å²) in [7, 11) is 0. The number of rotatable bonds is 3. The van der Waals surface area contributed by atoms with Gasteiger partial charge in [0, 0.05) is 5.56 Å². The molecule has 0 bridgehead atoms. The zero-order valence-corrected chi connectivity index (χ0v) is 9.20. The predicted molar refractivity (Wildman–Crippen MR) is 54.2 cm³/mol. The fourth-order valence-corrected chi connectivity index (χ4v) is 1.56. The van der Waals surface area contributed by atoms with Crippen molar-refractivity contribution in [3.8, 4) is 0 Å². The molecule has 1 aromatic carbocycles. The first-order valence-corrected chi connectivity index (χ1v) is 5.12. The Morgan fingerprint density at radius 1 is 1.13 bits per heavy atom. The lowest BCUT2D eigenvalue weighted by molar-refractivity contribution is 0.462. The number of hydrogen-bond acceptors (Lipinski definition) is 0. The van der Waals surface area contributed by atoms with Crippen LogP contribution in [-0.4, -0.2) is 0 Å². The van der Waals surface area contributed by atoms with Gasteiger partial charge in [-0.1, -0.05) is 20.8 Å². The fraction of sp³-hybridized carbons (Fsp3) is 0.500. The largest absolute Gasteiger partial charge is 0.206 e. The van der Waals surface area contributed by atoms with E-state index in [1.54, 1.807) is 6.92 Å². The summed E-state index contributed by atoms with van der Waals surface area (Å²) >= 11 is 0. The number of halogens is 3. The maximum absolute atomic E-state index is 13.7. The molecular weight excluding hydrogens is 201 g/mol. The third-order valence-corrected chi connectivity index (χ3v) is 2.32. The fourth-order valence-electron chi connectivity index (χ4n) is 1.56. The maximum Gasteiger partial charge on any atom is 0.164 e. The van der Waals surface area contributed by atoms with Gasteiger partial charge >= 0.3 is 0 Å². The highest BCUT2D eigenvalue weighted by Crippen LogP contribution is 2.23. The van der Waals surface area contributed by atoms with Gasteiger partial charge in [-0.15, -0.1) is 0 Å². The lowest BCUT2D eigenvalue weighted by Gasteiger charge is -2.11. The van der Waals surface area contributed by atoms with Crippen LogP contribution in [0.2, 0.25) is 0 Å². The molecule has 0 radical (unpaired) electrons.